The minimum absolute atomic E-state index is 0.00817. The van der Waals surface area contributed by atoms with Crippen molar-refractivity contribution in [2.75, 3.05) is 26.8 Å². The van der Waals surface area contributed by atoms with Crippen LogP contribution in [-0.4, -0.2) is 32.7 Å². The number of hydrogen-bond acceptors (Lipinski definition) is 5. The van der Waals surface area contributed by atoms with Crippen molar-refractivity contribution in [1.82, 2.24) is 10.6 Å². The second-order valence-corrected chi connectivity index (χ2v) is 7.57. The van der Waals surface area contributed by atoms with E-state index in [1.807, 2.05) is 35.7 Å². The summed E-state index contributed by atoms with van der Waals surface area (Å²) in [5.41, 5.74) is 2.36. The van der Waals surface area contributed by atoms with Crippen LogP contribution in [0, 0.1) is 6.92 Å². The molecule has 0 aliphatic heterocycles. The van der Waals surface area contributed by atoms with Gasteiger partial charge in [-0.25, -0.2) is 0 Å². The minimum atomic E-state index is -0.0673. The lowest BCUT2D eigenvalue weighted by molar-refractivity contribution is -0.120. The first-order valence-electron chi connectivity index (χ1n) is 9.53. The molecule has 0 aliphatic rings. The van der Waals surface area contributed by atoms with Crippen LogP contribution in [0.15, 0.2) is 66.0 Å². The van der Waals surface area contributed by atoms with Crippen LogP contribution in [0.4, 0.5) is 0 Å². The SMILES string of the molecule is COc1ccccc1OCCNC(=O)CN[C@H](c1ccc(C)cc1)c1cccs1. The Hall–Kier alpha value is -2.83. The van der Waals surface area contributed by atoms with Crippen LogP contribution >= 0.6 is 11.3 Å². The number of carbonyl (C=O) groups excluding carboxylic acids is 1. The number of thiophene rings is 1. The molecule has 0 saturated carbocycles. The smallest absolute Gasteiger partial charge is 0.234 e. The van der Waals surface area contributed by atoms with E-state index < -0.39 is 0 Å². The van der Waals surface area contributed by atoms with E-state index in [9.17, 15) is 4.79 Å². The normalized spacial score (nSPS) is 11.7. The van der Waals surface area contributed by atoms with E-state index in [2.05, 4.69) is 47.9 Å². The van der Waals surface area contributed by atoms with Crippen LogP contribution in [0.3, 0.4) is 0 Å². The van der Waals surface area contributed by atoms with Gasteiger partial charge in [-0.2, -0.15) is 0 Å². The van der Waals surface area contributed by atoms with E-state index in [0.717, 1.165) is 5.56 Å². The molecule has 2 aromatic carbocycles. The molecule has 1 amide bonds. The molecule has 152 valence electrons. The summed E-state index contributed by atoms with van der Waals surface area (Å²) in [6, 6.07) is 19.9. The summed E-state index contributed by atoms with van der Waals surface area (Å²) >= 11 is 1.68. The van der Waals surface area contributed by atoms with E-state index in [-0.39, 0.29) is 18.5 Å². The molecule has 1 aromatic heterocycles. The molecule has 29 heavy (non-hydrogen) atoms. The van der Waals surface area contributed by atoms with E-state index in [4.69, 9.17) is 9.47 Å². The molecule has 0 fully saturated rings. The first-order chi connectivity index (χ1) is 14.2. The zero-order valence-electron chi connectivity index (χ0n) is 16.7. The maximum absolute atomic E-state index is 12.3. The van der Waals surface area contributed by atoms with E-state index in [1.54, 1.807) is 18.4 Å². The Kier molecular flexibility index (Phi) is 7.67. The van der Waals surface area contributed by atoms with E-state index in [1.165, 1.54) is 10.4 Å². The number of hydrogen-bond donors (Lipinski definition) is 2. The molecule has 0 aliphatic carbocycles. The fraction of sp³-hybridized carbons (Fsp3) is 0.261. The zero-order chi connectivity index (χ0) is 20.5. The van der Waals surface area contributed by atoms with Gasteiger partial charge in [-0.05, 0) is 36.1 Å². The monoisotopic (exact) mass is 410 g/mol. The van der Waals surface area contributed by atoms with Gasteiger partial charge in [0, 0.05) is 4.88 Å². The largest absolute Gasteiger partial charge is 0.493 e. The average Bonchev–Trinajstić information content (AvgIpc) is 3.27. The lowest BCUT2D eigenvalue weighted by Gasteiger charge is -2.18. The summed E-state index contributed by atoms with van der Waals surface area (Å²) in [5, 5.41) is 8.31. The van der Waals surface area contributed by atoms with Gasteiger partial charge < -0.3 is 14.8 Å². The Labute approximate surface area is 175 Å². The van der Waals surface area contributed by atoms with Gasteiger partial charge in [0.25, 0.3) is 0 Å². The highest BCUT2D eigenvalue weighted by Gasteiger charge is 2.16. The molecule has 1 heterocycles. The van der Waals surface area contributed by atoms with Crippen LogP contribution in [0.25, 0.3) is 0 Å². The third-order valence-electron chi connectivity index (χ3n) is 4.46. The van der Waals surface area contributed by atoms with Crippen LogP contribution in [-0.2, 0) is 4.79 Å². The highest BCUT2D eigenvalue weighted by atomic mass is 32.1. The van der Waals surface area contributed by atoms with Crippen LogP contribution in [0.1, 0.15) is 22.0 Å². The topological polar surface area (TPSA) is 59.6 Å². The third-order valence-corrected chi connectivity index (χ3v) is 5.39. The molecule has 0 radical (unpaired) electrons. The first kappa shape index (κ1) is 20.9. The quantitative estimate of drug-likeness (QED) is 0.497. The highest BCUT2D eigenvalue weighted by molar-refractivity contribution is 7.10. The van der Waals surface area contributed by atoms with Gasteiger partial charge in [0.15, 0.2) is 11.5 Å². The number of para-hydroxylation sites is 2. The second kappa shape index (κ2) is 10.6. The lowest BCUT2D eigenvalue weighted by Crippen LogP contribution is -2.37. The molecule has 1 atom stereocenters. The molecular formula is C23H26N2O3S. The first-order valence-corrected chi connectivity index (χ1v) is 10.4. The lowest BCUT2D eigenvalue weighted by atomic mass is 10.0. The van der Waals surface area contributed by atoms with Gasteiger partial charge in [-0.15, -0.1) is 11.3 Å². The van der Waals surface area contributed by atoms with E-state index >= 15 is 0 Å². The third kappa shape index (κ3) is 6.07. The summed E-state index contributed by atoms with van der Waals surface area (Å²) in [5.74, 6) is 1.28. The Morgan fingerprint density at radius 3 is 2.48 bits per heavy atom. The summed E-state index contributed by atoms with van der Waals surface area (Å²) in [7, 11) is 1.60. The van der Waals surface area contributed by atoms with Crippen LogP contribution in [0.2, 0.25) is 0 Å². The van der Waals surface area contributed by atoms with Crippen molar-refractivity contribution < 1.29 is 14.3 Å². The average molecular weight is 411 g/mol. The second-order valence-electron chi connectivity index (χ2n) is 6.59. The predicted molar refractivity (Wildman–Crippen MR) is 117 cm³/mol. The molecule has 3 aromatic rings. The molecule has 0 bridgehead atoms. The molecule has 6 heteroatoms. The number of carbonyl (C=O) groups is 1. The van der Waals surface area contributed by atoms with Crippen molar-refractivity contribution in [1.29, 1.82) is 0 Å². The summed E-state index contributed by atoms with van der Waals surface area (Å²) in [4.78, 5) is 13.5. The van der Waals surface area contributed by atoms with Gasteiger partial charge >= 0.3 is 0 Å². The highest BCUT2D eigenvalue weighted by Crippen LogP contribution is 2.26. The molecule has 3 rings (SSSR count). The Balaban J connectivity index is 1.48. The number of amides is 1. The van der Waals surface area contributed by atoms with Gasteiger partial charge in [-0.1, -0.05) is 48.0 Å². The number of rotatable bonds is 10. The number of nitrogens with one attached hydrogen (secondary N) is 2. The Bertz CT molecular complexity index is 895. The van der Waals surface area contributed by atoms with Crippen molar-refractivity contribution >= 4 is 17.2 Å². The van der Waals surface area contributed by atoms with Crippen molar-refractivity contribution in [2.45, 2.75) is 13.0 Å². The number of aryl methyl sites for hydroxylation is 1. The van der Waals surface area contributed by atoms with Crippen molar-refractivity contribution in [2.24, 2.45) is 0 Å². The molecular weight excluding hydrogens is 384 g/mol. The fourth-order valence-electron chi connectivity index (χ4n) is 2.94. The zero-order valence-corrected chi connectivity index (χ0v) is 17.5. The molecule has 0 unspecified atom stereocenters. The maximum Gasteiger partial charge on any atom is 0.234 e. The maximum atomic E-state index is 12.3. The van der Waals surface area contributed by atoms with Gasteiger partial charge in [0.2, 0.25) is 5.91 Å². The standard InChI is InChI=1S/C23H26N2O3S/c1-17-9-11-18(12-10-17)23(21-8-5-15-29-21)25-16-22(26)24-13-14-28-20-7-4-3-6-19(20)27-2/h3-12,15,23,25H,13-14,16H2,1-2H3,(H,24,26)/t23-/m1/s1. The summed E-state index contributed by atoms with van der Waals surface area (Å²) in [6.07, 6.45) is 0. The fourth-order valence-corrected chi connectivity index (χ4v) is 3.77. The molecule has 2 N–H and O–H groups in total. The van der Waals surface area contributed by atoms with Crippen LogP contribution < -0.4 is 20.1 Å². The Morgan fingerprint density at radius 2 is 1.79 bits per heavy atom. The summed E-state index contributed by atoms with van der Waals surface area (Å²) < 4.78 is 10.9. The number of ether oxygens (including phenoxy) is 2. The van der Waals surface area contributed by atoms with Crippen molar-refractivity contribution in [3.05, 3.63) is 82.0 Å². The number of benzene rings is 2. The minimum Gasteiger partial charge on any atom is -0.493 e. The number of methoxy groups -OCH3 is 1. The molecule has 0 saturated heterocycles. The van der Waals surface area contributed by atoms with Gasteiger partial charge in [-0.3, -0.25) is 10.1 Å². The predicted octanol–water partition coefficient (Wildman–Crippen LogP) is 3.94. The van der Waals surface area contributed by atoms with Gasteiger partial charge in [0.05, 0.1) is 26.2 Å². The van der Waals surface area contributed by atoms with Crippen molar-refractivity contribution in [3.8, 4) is 11.5 Å². The Morgan fingerprint density at radius 1 is 1.03 bits per heavy atom. The molecule has 0 spiro atoms. The summed E-state index contributed by atoms with van der Waals surface area (Å²) in [6.45, 7) is 3.09. The van der Waals surface area contributed by atoms with Crippen molar-refractivity contribution in [3.63, 3.8) is 0 Å². The molecule has 5 nitrogen and oxygen atoms in total. The van der Waals surface area contributed by atoms with Gasteiger partial charge in [0.1, 0.15) is 6.61 Å². The van der Waals surface area contributed by atoms with E-state index in [0.29, 0.717) is 24.7 Å². The van der Waals surface area contributed by atoms with Crippen LogP contribution in [0.5, 0.6) is 11.5 Å².